The van der Waals surface area contributed by atoms with Crippen molar-refractivity contribution in [1.82, 2.24) is 10.3 Å². The number of fused-ring (bicyclic) bond motifs is 2. The van der Waals surface area contributed by atoms with Crippen molar-refractivity contribution in [2.75, 3.05) is 13.2 Å². The van der Waals surface area contributed by atoms with Gasteiger partial charge in [-0.05, 0) is 61.9 Å². The summed E-state index contributed by atoms with van der Waals surface area (Å²) in [5, 5.41) is 12.0. The largest absolute Gasteiger partial charge is 0.461 e. The molecule has 2 saturated carbocycles. The highest BCUT2D eigenvalue weighted by molar-refractivity contribution is 6.05. The van der Waals surface area contributed by atoms with Crippen LogP contribution in [0.4, 0.5) is 4.39 Å². The summed E-state index contributed by atoms with van der Waals surface area (Å²) in [6.07, 6.45) is 8.14. The molecule has 38 heavy (non-hydrogen) atoms. The fourth-order valence-electron chi connectivity index (χ4n) is 7.28. The molecule has 1 aromatic carbocycles. The summed E-state index contributed by atoms with van der Waals surface area (Å²) in [4.78, 5) is 31.5. The van der Waals surface area contributed by atoms with Gasteiger partial charge in [-0.25, -0.2) is 4.39 Å². The molecule has 0 bridgehead atoms. The van der Waals surface area contributed by atoms with Crippen molar-refractivity contribution in [2.45, 2.75) is 56.2 Å². The van der Waals surface area contributed by atoms with Crippen LogP contribution in [0.3, 0.4) is 0 Å². The van der Waals surface area contributed by atoms with Gasteiger partial charge in [-0.2, -0.15) is 0 Å². The number of rotatable bonds is 6. The molecule has 1 aromatic heterocycles. The average molecular weight is 523 g/mol. The number of hydrogen-bond donors (Lipinski definition) is 4. The number of aliphatic hydroxyl groups is 1. The summed E-state index contributed by atoms with van der Waals surface area (Å²) in [7, 11) is 0. The predicted octanol–water partition coefficient (Wildman–Crippen LogP) is 2.55. The number of aromatic nitrogens is 1. The first-order chi connectivity index (χ1) is 18.1. The predicted molar refractivity (Wildman–Crippen MR) is 141 cm³/mol. The Kier molecular flexibility index (Phi) is 6.87. The molecule has 6 atom stereocenters. The van der Waals surface area contributed by atoms with Crippen LogP contribution in [-0.2, 0) is 14.3 Å². The molecular formula is C29H35FN4O4. The SMILES string of the molecule is C[C@H]1OC(=O)[C@]2(C(=O)NCCO)C[C@]3(N)CCCCC3[C@](N)(/C=C/c3ccc(-c4cccc(F)c4)cn3)[C@H]12. The highest BCUT2D eigenvalue weighted by Crippen LogP contribution is 2.61. The number of carbonyl (C=O) groups excluding carboxylic acids is 2. The van der Waals surface area contributed by atoms with E-state index in [-0.39, 0.29) is 31.3 Å². The monoisotopic (exact) mass is 522 g/mol. The molecule has 8 nitrogen and oxygen atoms in total. The first-order valence-electron chi connectivity index (χ1n) is 13.2. The third-order valence-electron chi connectivity index (χ3n) is 8.78. The van der Waals surface area contributed by atoms with Gasteiger partial charge >= 0.3 is 5.97 Å². The van der Waals surface area contributed by atoms with Crippen molar-refractivity contribution in [3.63, 3.8) is 0 Å². The topological polar surface area (TPSA) is 141 Å². The Hall–Kier alpha value is -3.14. The van der Waals surface area contributed by atoms with Crippen LogP contribution in [0.25, 0.3) is 17.2 Å². The standard InChI is InChI=1S/C29H35FN4O4/c1-18-24-28(26(37)38-18,25(36)33-13-14-35)17-27(31)11-3-2-7-23(27)29(24,32)12-10-22-9-8-20(16-34-22)19-5-4-6-21(30)15-19/h4-6,8-10,12,15-16,18,23-24,35H,2-3,7,11,13-14,17,31-32H2,1H3,(H,33,36)/b12-10+/t18-,23?,24-,27-,28-,29-/m1/s1. The number of hydrogen-bond acceptors (Lipinski definition) is 7. The molecule has 1 unspecified atom stereocenters. The van der Waals surface area contributed by atoms with Crippen molar-refractivity contribution < 1.29 is 23.8 Å². The third kappa shape index (κ3) is 4.22. The maximum Gasteiger partial charge on any atom is 0.322 e. The van der Waals surface area contributed by atoms with E-state index in [4.69, 9.17) is 16.2 Å². The maximum atomic E-state index is 13.7. The molecule has 6 N–H and O–H groups in total. The van der Waals surface area contributed by atoms with E-state index in [1.807, 2.05) is 30.4 Å². The lowest BCUT2D eigenvalue weighted by Gasteiger charge is -2.60. The van der Waals surface area contributed by atoms with E-state index in [2.05, 4.69) is 10.3 Å². The molecule has 5 rings (SSSR count). The molecule has 1 aliphatic heterocycles. The van der Waals surface area contributed by atoms with Crippen LogP contribution in [-0.4, -0.2) is 52.3 Å². The smallest absolute Gasteiger partial charge is 0.322 e. The zero-order valence-electron chi connectivity index (χ0n) is 21.5. The van der Waals surface area contributed by atoms with Crippen molar-refractivity contribution in [1.29, 1.82) is 0 Å². The van der Waals surface area contributed by atoms with Gasteiger partial charge in [0.2, 0.25) is 5.91 Å². The summed E-state index contributed by atoms with van der Waals surface area (Å²) in [5.41, 5.74) is 12.9. The van der Waals surface area contributed by atoms with E-state index < -0.39 is 40.4 Å². The Morgan fingerprint density at radius 1 is 1.26 bits per heavy atom. The summed E-state index contributed by atoms with van der Waals surface area (Å²) in [6, 6.07) is 9.99. The average Bonchev–Trinajstić information content (AvgIpc) is 3.16. The minimum absolute atomic E-state index is 0.0188. The van der Waals surface area contributed by atoms with Crippen LogP contribution in [0.1, 0.15) is 44.7 Å². The number of pyridine rings is 1. The number of benzene rings is 1. The van der Waals surface area contributed by atoms with E-state index in [0.717, 1.165) is 30.4 Å². The molecule has 9 heteroatoms. The molecule has 2 aliphatic carbocycles. The lowest BCUT2D eigenvalue weighted by Crippen LogP contribution is -2.75. The second-order valence-electron chi connectivity index (χ2n) is 11.1. The quantitative estimate of drug-likeness (QED) is 0.338. The van der Waals surface area contributed by atoms with Gasteiger partial charge in [-0.1, -0.05) is 37.1 Å². The Morgan fingerprint density at radius 2 is 2.08 bits per heavy atom. The number of cyclic esters (lactones) is 1. The maximum absolute atomic E-state index is 13.7. The number of amides is 1. The zero-order chi connectivity index (χ0) is 27.1. The van der Waals surface area contributed by atoms with Gasteiger partial charge in [0.05, 0.1) is 12.3 Å². The number of esters is 1. The van der Waals surface area contributed by atoms with Gasteiger partial charge in [-0.15, -0.1) is 0 Å². The van der Waals surface area contributed by atoms with Crippen LogP contribution < -0.4 is 16.8 Å². The molecular weight excluding hydrogens is 487 g/mol. The molecule has 2 heterocycles. The van der Waals surface area contributed by atoms with Crippen LogP contribution in [0.2, 0.25) is 0 Å². The van der Waals surface area contributed by atoms with Gasteiger partial charge in [0, 0.05) is 35.3 Å². The van der Waals surface area contributed by atoms with Crippen molar-refractivity contribution >= 4 is 18.0 Å². The number of halogens is 1. The minimum atomic E-state index is -1.55. The van der Waals surface area contributed by atoms with Gasteiger partial charge in [0.1, 0.15) is 11.9 Å². The molecule has 0 radical (unpaired) electrons. The van der Waals surface area contributed by atoms with Gasteiger partial charge in [0.25, 0.3) is 0 Å². The molecule has 1 amide bonds. The second-order valence-corrected chi connectivity index (χ2v) is 11.1. The summed E-state index contributed by atoms with van der Waals surface area (Å²) < 4.78 is 19.4. The Labute approximate surface area is 221 Å². The van der Waals surface area contributed by atoms with Crippen molar-refractivity contribution in [3.8, 4) is 11.1 Å². The number of nitrogens with two attached hydrogens (primary N) is 2. The molecule has 202 valence electrons. The van der Waals surface area contributed by atoms with E-state index in [1.54, 1.807) is 19.2 Å². The van der Waals surface area contributed by atoms with E-state index in [0.29, 0.717) is 12.1 Å². The zero-order valence-corrected chi connectivity index (χ0v) is 21.5. The summed E-state index contributed by atoms with van der Waals surface area (Å²) in [5.74, 6) is -2.25. The van der Waals surface area contributed by atoms with Gasteiger partial charge < -0.3 is 26.6 Å². The Bertz CT molecular complexity index is 1250. The fraction of sp³-hybridized carbons (Fsp3) is 0.483. The lowest BCUT2D eigenvalue weighted by molar-refractivity contribution is -0.160. The lowest BCUT2D eigenvalue weighted by atomic mass is 9.45. The van der Waals surface area contributed by atoms with Crippen LogP contribution in [0.15, 0.2) is 48.7 Å². The normalized spacial score (nSPS) is 34.4. The van der Waals surface area contributed by atoms with E-state index in [9.17, 15) is 19.1 Å². The number of nitrogens with one attached hydrogen (secondary N) is 1. The van der Waals surface area contributed by atoms with Crippen LogP contribution >= 0.6 is 0 Å². The third-order valence-corrected chi connectivity index (χ3v) is 8.78. The van der Waals surface area contributed by atoms with Crippen LogP contribution in [0.5, 0.6) is 0 Å². The fourth-order valence-corrected chi connectivity index (χ4v) is 7.28. The van der Waals surface area contributed by atoms with Crippen LogP contribution in [0, 0.1) is 23.1 Å². The molecule has 2 aromatic rings. The van der Waals surface area contributed by atoms with E-state index >= 15 is 0 Å². The number of aliphatic hydroxyl groups excluding tert-OH is 1. The number of ether oxygens (including phenoxy) is 1. The van der Waals surface area contributed by atoms with Gasteiger partial charge in [0.15, 0.2) is 5.41 Å². The first kappa shape index (κ1) is 26.5. The Morgan fingerprint density at radius 3 is 2.79 bits per heavy atom. The summed E-state index contributed by atoms with van der Waals surface area (Å²) >= 11 is 0. The Balaban J connectivity index is 1.54. The van der Waals surface area contributed by atoms with Crippen molar-refractivity contribution in [2.24, 2.45) is 28.7 Å². The first-order valence-corrected chi connectivity index (χ1v) is 13.2. The molecule has 1 saturated heterocycles. The highest BCUT2D eigenvalue weighted by atomic mass is 19.1. The number of nitrogens with zero attached hydrogens (tertiary/aromatic N) is 1. The number of carbonyl (C=O) groups is 2. The van der Waals surface area contributed by atoms with E-state index in [1.165, 1.54) is 12.1 Å². The molecule has 0 spiro atoms. The summed E-state index contributed by atoms with van der Waals surface area (Å²) in [6.45, 7) is 1.54. The molecule has 3 aliphatic rings. The minimum Gasteiger partial charge on any atom is -0.461 e. The van der Waals surface area contributed by atoms with Crippen molar-refractivity contribution in [3.05, 3.63) is 60.2 Å². The second kappa shape index (κ2) is 9.87. The van der Waals surface area contributed by atoms with Gasteiger partial charge in [-0.3, -0.25) is 14.6 Å². The molecule has 3 fully saturated rings. The highest BCUT2D eigenvalue weighted by Gasteiger charge is 2.74.